The number of benzene rings is 2. The first-order valence-corrected chi connectivity index (χ1v) is 12.2. The van der Waals surface area contributed by atoms with E-state index in [4.69, 9.17) is 14.2 Å². The molecule has 8 heteroatoms. The molecule has 6 rings (SSSR count). The van der Waals surface area contributed by atoms with Crippen LogP contribution in [0.4, 0.5) is 10.1 Å². The Hall–Kier alpha value is -3.39. The van der Waals surface area contributed by atoms with E-state index in [1.165, 1.54) is 6.07 Å². The number of hydrogen-bond donors (Lipinski definition) is 1. The zero-order valence-electron chi connectivity index (χ0n) is 19.7. The summed E-state index contributed by atoms with van der Waals surface area (Å²) >= 11 is 0. The van der Waals surface area contributed by atoms with Crippen LogP contribution < -0.4 is 19.5 Å². The number of piperidine rings is 1. The summed E-state index contributed by atoms with van der Waals surface area (Å²) in [6.45, 7) is 5.09. The van der Waals surface area contributed by atoms with Crippen molar-refractivity contribution in [2.24, 2.45) is 5.92 Å². The van der Waals surface area contributed by atoms with Crippen LogP contribution in [0, 0.1) is 18.7 Å². The standard InChI is InChI=1S/C27H28FN3O4/c1-16-2-3-20-22(29-16)4-5-24-26(20)35-19(14-33-24)13-31-8-6-17(7-9-31)10-18-11-21(28)27-23(12-18)30-25(32)15-34-27/h2-5,11-12,17,19H,6-10,13-15H2,1H3,(H,30,32)/t19-/m0/s1. The van der Waals surface area contributed by atoms with Crippen molar-refractivity contribution in [3.63, 3.8) is 0 Å². The topological polar surface area (TPSA) is 72.9 Å². The minimum atomic E-state index is -0.414. The van der Waals surface area contributed by atoms with E-state index < -0.39 is 5.82 Å². The maximum Gasteiger partial charge on any atom is 0.262 e. The van der Waals surface area contributed by atoms with E-state index in [0.717, 1.165) is 72.6 Å². The van der Waals surface area contributed by atoms with Crippen molar-refractivity contribution in [2.75, 3.05) is 38.2 Å². The van der Waals surface area contributed by atoms with Crippen LogP contribution in [0.3, 0.4) is 0 Å². The molecule has 0 saturated carbocycles. The lowest BCUT2D eigenvalue weighted by Crippen LogP contribution is -2.44. The highest BCUT2D eigenvalue weighted by molar-refractivity contribution is 5.95. The lowest BCUT2D eigenvalue weighted by Gasteiger charge is -2.36. The molecule has 3 aromatic rings. The molecule has 0 bridgehead atoms. The largest absolute Gasteiger partial charge is 0.486 e. The van der Waals surface area contributed by atoms with Crippen molar-refractivity contribution in [2.45, 2.75) is 32.3 Å². The number of likely N-dealkylation sites (tertiary alicyclic amines) is 1. The first-order valence-electron chi connectivity index (χ1n) is 12.2. The van der Waals surface area contributed by atoms with Crippen LogP contribution in [0.25, 0.3) is 10.9 Å². The third-order valence-electron chi connectivity index (χ3n) is 7.05. The number of aryl methyl sites for hydroxylation is 1. The molecule has 0 aliphatic carbocycles. The maximum atomic E-state index is 14.4. The zero-order chi connectivity index (χ0) is 23.9. The second kappa shape index (κ2) is 9.00. The third-order valence-corrected chi connectivity index (χ3v) is 7.05. The average Bonchev–Trinajstić information content (AvgIpc) is 2.84. The molecular formula is C27H28FN3O4. The Kier molecular flexibility index (Phi) is 5.68. The maximum absolute atomic E-state index is 14.4. The molecule has 1 aromatic heterocycles. The van der Waals surface area contributed by atoms with E-state index in [2.05, 4.69) is 21.3 Å². The zero-order valence-corrected chi connectivity index (χ0v) is 19.7. The molecule has 3 aliphatic heterocycles. The van der Waals surface area contributed by atoms with E-state index in [9.17, 15) is 9.18 Å². The van der Waals surface area contributed by atoms with Crippen molar-refractivity contribution in [3.8, 4) is 17.2 Å². The predicted molar refractivity (Wildman–Crippen MR) is 130 cm³/mol. The molecule has 1 N–H and O–H groups in total. The van der Waals surface area contributed by atoms with E-state index in [1.807, 2.05) is 31.2 Å². The summed E-state index contributed by atoms with van der Waals surface area (Å²) in [5.41, 5.74) is 3.21. The van der Waals surface area contributed by atoms with Gasteiger partial charge in [-0.2, -0.15) is 0 Å². The quantitative estimate of drug-likeness (QED) is 0.610. The number of anilines is 1. The summed E-state index contributed by atoms with van der Waals surface area (Å²) in [6, 6.07) is 11.3. The number of ether oxygens (including phenoxy) is 3. The second-order valence-corrected chi connectivity index (χ2v) is 9.70. The second-order valence-electron chi connectivity index (χ2n) is 9.70. The van der Waals surface area contributed by atoms with Gasteiger partial charge in [0.2, 0.25) is 0 Å². The molecule has 35 heavy (non-hydrogen) atoms. The number of carbonyl (C=O) groups excluding carboxylic acids is 1. The van der Waals surface area contributed by atoms with Gasteiger partial charge >= 0.3 is 0 Å². The minimum absolute atomic E-state index is 0.0377. The molecule has 0 spiro atoms. The molecule has 3 aliphatic rings. The summed E-state index contributed by atoms with van der Waals surface area (Å²) in [4.78, 5) is 18.6. The summed E-state index contributed by atoms with van der Waals surface area (Å²) < 4.78 is 32.1. The molecule has 7 nitrogen and oxygen atoms in total. The molecule has 182 valence electrons. The fourth-order valence-electron chi connectivity index (χ4n) is 5.29. The number of hydrogen-bond acceptors (Lipinski definition) is 6. The van der Waals surface area contributed by atoms with Gasteiger partial charge in [-0.05, 0) is 87.2 Å². The van der Waals surface area contributed by atoms with Crippen molar-refractivity contribution >= 4 is 22.5 Å². The Labute approximate surface area is 203 Å². The van der Waals surface area contributed by atoms with Crippen LogP contribution in [0.1, 0.15) is 24.1 Å². The van der Waals surface area contributed by atoms with E-state index in [-0.39, 0.29) is 24.4 Å². The summed E-state index contributed by atoms with van der Waals surface area (Å²) in [6.07, 6.45) is 2.79. The monoisotopic (exact) mass is 477 g/mol. The number of nitrogens with zero attached hydrogens (tertiary/aromatic N) is 2. The van der Waals surface area contributed by atoms with Crippen LogP contribution >= 0.6 is 0 Å². The van der Waals surface area contributed by atoms with Crippen LogP contribution in [-0.4, -0.2) is 54.7 Å². The highest BCUT2D eigenvalue weighted by atomic mass is 19.1. The molecule has 0 unspecified atom stereocenters. The molecule has 4 heterocycles. The van der Waals surface area contributed by atoms with Gasteiger partial charge in [-0.25, -0.2) is 4.39 Å². The molecule has 1 saturated heterocycles. The van der Waals surface area contributed by atoms with Gasteiger partial charge in [0, 0.05) is 17.6 Å². The molecule has 0 radical (unpaired) electrons. The predicted octanol–water partition coefficient (Wildman–Crippen LogP) is 4.11. The minimum Gasteiger partial charge on any atom is -0.486 e. The summed E-state index contributed by atoms with van der Waals surface area (Å²) in [5, 5.41) is 3.69. The molecular weight excluding hydrogens is 449 g/mol. The van der Waals surface area contributed by atoms with Gasteiger partial charge in [0.1, 0.15) is 12.7 Å². The van der Waals surface area contributed by atoms with E-state index >= 15 is 0 Å². The van der Waals surface area contributed by atoms with Crippen molar-refractivity contribution in [1.29, 1.82) is 0 Å². The lowest BCUT2D eigenvalue weighted by atomic mass is 9.89. The van der Waals surface area contributed by atoms with Gasteiger partial charge in [-0.15, -0.1) is 0 Å². The summed E-state index contributed by atoms with van der Waals surface area (Å²) in [5.74, 6) is 1.49. The van der Waals surface area contributed by atoms with E-state index in [1.54, 1.807) is 0 Å². The molecule has 1 atom stereocenters. The van der Waals surface area contributed by atoms with Crippen LogP contribution in [0.2, 0.25) is 0 Å². The number of pyridine rings is 1. The average molecular weight is 478 g/mol. The van der Waals surface area contributed by atoms with Gasteiger partial charge in [-0.1, -0.05) is 0 Å². The Morgan fingerprint density at radius 2 is 1.97 bits per heavy atom. The van der Waals surface area contributed by atoms with Crippen molar-refractivity contribution in [3.05, 3.63) is 53.5 Å². The first-order chi connectivity index (χ1) is 17.0. The number of aromatic nitrogens is 1. The highest BCUT2D eigenvalue weighted by Gasteiger charge is 2.28. The number of fused-ring (bicyclic) bond motifs is 4. The molecule has 2 aromatic carbocycles. The molecule has 1 amide bonds. The SMILES string of the molecule is Cc1ccc2c3c(ccc2n1)OC[C@H](CN1CCC(Cc2cc(F)c4c(c2)NC(=O)CO4)CC1)O3. The fourth-order valence-corrected chi connectivity index (χ4v) is 5.29. The highest BCUT2D eigenvalue weighted by Crippen LogP contribution is 2.39. The van der Waals surface area contributed by atoms with Gasteiger partial charge < -0.3 is 19.5 Å². The normalized spacial score (nSPS) is 20.3. The van der Waals surface area contributed by atoms with Gasteiger partial charge in [0.05, 0.1) is 11.2 Å². The number of rotatable bonds is 4. The van der Waals surface area contributed by atoms with Gasteiger partial charge in [-0.3, -0.25) is 14.7 Å². The van der Waals surface area contributed by atoms with Gasteiger partial charge in [0.25, 0.3) is 5.91 Å². The fraction of sp³-hybridized carbons (Fsp3) is 0.407. The number of halogens is 1. The van der Waals surface area contributed by atoms with Gasteiger partial charge in [0.15, 0.2) is 29.7 Å². The Bertz CT molecular complexity index is 1290. The Balaban J connectivity index is 1.06. The number of nitrogens with one attached hydrogen (secondary N) is 1. The van der Waals surface area contributed by atoms with Crippen molar-refractivity contribution in [1.82, 2.24) is 9.88 Å². The first kappa shape index (κ1) is 22.1. The van der Waals surface area contributed by atoms with E-state index in [0.29, 0.717) is 18.2 Å². The van der Waals surface area contributed by atoms with Crippen molar-refractivity contribution < 1.29 is 23.4 Å². The Morgan fingerprint density at radius 3 is 2.83 bits per heavy atom. The van der Waals surface area contributed by atoms with Crippen LogP contribution in [-0.2, 0) is 11.2 Å². The van der Waals surface area contributed by atoms with Crippen LogP contribution in [0.5, 0.6) is 17.2 Å². The molecule has 1 fully saturated rings. The third kappa shape index (κ3) is 4.50. The lowest BCUT2D eigenvalue weighted by molar-refractivity contribution is -0.118. The summed E-state index contributed by atoms with van der Waals surface area (Å²) in [7, 11) is 0. The Morgan fingerprint density at radius 1 is 1.11 bits per heavy atom. The smallest absolute Gasteiger partial charge is 0.262 e. The number of amides is 1. The number of carbonyl (C=O) groups is 1. The van der Waals surface area contributed by atoms with Crippen LogP contribution in [0.15, 0.2) is 36.4 Å².